The Bertz CT molecular complexity index is 478. The predicted molar refractivity (Wildman–Crippen MR) is 92.2 cm³/mol. The zero-order chi connectivity index (χ0) is 13.0. The van der Waals surface area contributed by atoms with Crippen LogP contribution in [0.25, 0.3) is 0 Å². The highest BCUT2D eigenvalue weighted by atomic mass is 31.0. The monoisotopic (exact) mass is 288 g/mol. The van der Waals surface area contributed by atoms with Crippen molar-refractivity contribution in [2.75, 3.05) is 0 Å². The molecule has 0 aliphatic carbocycles. The Balaban J connectivity index is 2.04. The highest BCUT2D eigenvalue weighted by Crippen LogP contribution is 2.01. The average molecular weight is 288 g/mol. The Morgan fingerprint density at radius 2 is 1.17 bits per heavy atom. The second-order valence-electron chi connectivity index (χ2n) is 5.02. The molecule has 1 atom stereocenters. The molecule has 0 saturated carbocycles. The molecule has 18 heavy (non-hydrogen) atoms. The van der Waals surface area contributed by atoms with Gasteiger partial charge < -0.3 is 0 Å². The number of hydrogen-bond acceptors (Lipinski definition) is 0. The molecule has 0 amide bonds. The minimum atomic E-state index is -0.151. The number of benzene rings is 2. The van der Waals surface area contributed by atoms with Crippen LogP contribution in [0.5, 0.6) is 0 Å². The summed E-state index contributed by atoms with van der Waals surface area (Å²) in [6.45, 7) is 4.49. The highest BCUT2D eigenvalue weighted by molar-refractivity contribution is 7.28. The predicted octanol–water partition coefficient (Wildman–Crippen LogP) is 0.751. The van der Waals surface area contributed by atoms with Crippen molar-refractivity contribution in [2.24, 2.45) is 0 Å². The molecule has 0 saturated heterocycles. The van der Waals surface area contributed by atoms with E-state index in [-0.39, 0.29) is 19.0 Å². The lowest BCUT2D eigenvalue weighted by Crippen LogP contribution is -2.36. The summed E-state index contributed by atoms with van der Waals surface area (Å²) in [7, 11) is 2.82. The van der Waals surface area contributed by atoms with Crippen LogP contribution in [0.1, 0.15) is 11.1 Å². The standard InChI is InChI=1S/C15H21PSi2/c1-11-7-3-5-9-13(11)17-15(16)18-14-10-6-4-8-12(14)2/h3-10,15H,16-18H2,1-2H3. The summed E-state index contributed by atoms with van der Waals surface area (Å²) < 4.78 is 0. The van der Waals surface area contributed by atoms with E-state index < -0.39 is 0 Å². The summed E-state index contributed by atoms with van der Waals surface area (Å²) in [4.78, 5) is 0.882. The van der Waals surface area contributed by atoms with Gasteiger partial charge in [0.1, 0.15) is 0 Å². The maximum absolute atomic E-state index is 3.12. The Morgan fingerprint density at radius 3 is 1.56 bits per heavy atom. The molecule has 2 rings (SSSR count). The van der Waals surface area contributed by atoms with Crippen molar-refractivity contribution in [3.05, 3.63) is 59.7 Å². The second kappa shape index (κ2) is 6.46. The zero-order valence-electron chi connectivity index (χ0n) is 11.2. The molecule has 2 aromatic rings. The fourth-order valence-electron chi connectivity index (χ4n) is 2.32. The van der Waals surface area contributed by atoms with Crippen molar-refractivity contribution in [3.63, 3.8) is 0 Å². The molecule has 0 radical (unpaired) electrons. The van der Waals surface area contributed by atoms with E-state index in [9.17, 15) is 0 Å². The number of rotatable bonds is 4. The molecular formula is C15H21PSi2. The maximum Gasteiger partial charge on any atom is 0.0591 e. The van der Waals surface area contributed by atoms with E-state index in [1.54, 1.807) is 10.4 Å². The van der Waals surface area contributed by atoms with Crippen LogP contribution < -0.4 is 10.4 Å². The van der Waals surface area contributed by atoms with E-state index in [2.05, 4.69) is 71.6 Å². The van der Waals surface area contributed by atoms with Crippen molar-refractivity contribution in [1.29, 1.82) is 0 Å². The molecule has 3 heteroatoms. The molecule has 1 unspecified atom stereocenters. The third-order valence-electron chi connectivity index (χ3n) is 3.49. The van der Waals surface area contributed by atoms with Gasteiger partial charge in [0.05, 0.1) is 19.0 Å². The first kappa shape index (κ1) is 13.7. The van der Waals surface area contributed by atoms with Crippen LogP contribution >= 0.6 is 9.24 Å². The van der Waals surface area contributed by atoms with Crippen LogP contribution in [0.4, 0.5) is 0 Å². The van der Waals surface area contributed by atoms with Crippen molar-refractivity contribution < 1.29 is 0 Å². The van der Waals surface area contributed by atoms with E-state index >= 15 is 0 Å². The summed E-state index contributed by atoms with van der Waals surface area (Å²) in [6.07, 6.45) is 0. The highest BCUT2D eigenvalue weighted by Gasteiger charge is 2.09. The van der Waals surface area contributed by atoms with Gasteiger partial charge in [0.2, 0.25) is 0 Å². The van der Waals surface area contributed by atoms with Crippen molar-refractivity contribution in [2.45, 2.75) is 18.8 Å². The summed E-state index contributed by atoms with van der Waals surface area (Å²) >= 11 is 0. The summed E-state index contributed by atoms with van der Waals surface area (Å²) in [5.41, 5.74) is 2.96. The Morgan fingerprint density at radius 1 is 0.778 bits per heavy atom. The SMILES string of the molecule is Cc1ccccc1[SiH2]C(P)[SiH2]c1ccccc1C. The van der Waals surface area contributed by atoms with E-state index in [4.69, 9.17) is 0 Å². The smallest absolute Gasteiger partial charge is 0.0591 e. The summed E-state index contributed by atoms with van der Waals surface area (Å²) in [6, 6.07) is 17.8. The lowest BCUT2D eigenvalue weighted by Gasteiger charge is -2.13. The molecule has 0 N–H and O–H groups in total. The Labute approximate surface area is 117 Å². The molecule has 0 aromatic heterocycles. The topological polar surface area (TPSA) is 0 Å². The van der Waals surface area contributed by atoms with Crippen LogP contribution in [0.2, 0.25) is 0 Å². The van der Waals surface area contributed by atoms with E-state index in [1.807, 2.05) is 0 Å². The van der Waals surface area contributed by atoms with Crippen LogP contribution in [0.15, 0.2) is 48.5 Å². The normalized spacial score (nSPS) is 13.7. The van der Waals surface area contributed by atoms with Crippen molar-refractivity contribution >= 4 is 38.7 Å². The third kappa shape index (κ3) is 3.65. The zero-order valence-corrected chi connectivity index (χ0v) is 15.2. The fraction of sp³-hybridized carbons (Fsp3) is 0.200. The second-order valence-corrected chi connectivity index (χ2v) is 13.4. The molecule has 0 aliphatic heterocycles. The Kier molecular flexibility index (Phi) is 4.93. The van der Waals surface area contributed by atoms with Crippen LogP contribution in [-0.4, -0.2) is 23.9 Å². The van der Waals surface area contributed by atoms with Gasteiger partial charge in [0, 0.05) is 0 Å². The molecular weight excluding hydrogens is 267 g/mol. The summed E-state index contributed by atoms with van der Waals surface area (Å²) in [5, 5.41) is 3.28. The van der Waals surface area contributed by atoms with Crippen molar-refractivity contribution in [1.82, 2.24) is 0 Å². The first-order chi connectivity index (χ1) is 8.66. The first-order valence-electron chi connectivity index (χ1n) is 6.51. The van der Waals surface area contributed by atoms with Crippen LogP contribution in [-0.2, 0) is 0 Å². The van der Waals surface area contributed by atoms with E-state index in [0.29, 0.717) is 0 Å². The molecule has 0 bridgehead atoms. The molecule has 0 fully saturated rings. The minimum absolute atomic E-state index is 0.151. The third-order valence-corrected chi connectivity index (χ3v) is 10.1. The fourth-order valence-corrected chi connectivity index (χ4v) is 8.84. The number of aryl methyl sites for hydroxylation is 2. The van der Waals surface area contributed by atoms with Gasteiger partial charge >= 0.3 is 0 Å². The van der Waals surface area contributed by atoms with Gasteiger partial charge in [-0.15, -0.1) is 9.24 Å². The molecule has 0 aliphatic rings. The molecule has 94 valence electrons. The van der Waals surface area contributed by atoms with Crippen molar-refractivity contribution in [3.8, 4) is 0 Å². The van der Waals surface area contributed by atoms with Crippen LogP contribution in [0.3, 0.4) is 0 Å². The average Bonchev–Trinajstić information content (AvgIpc) is 2.35. The van der Waals surface area contributed by atoms with Gasteiger partial charge in [-0.05, 0) is 18.8 Å². The number of hydrogen-bond donors (Lipinski definition) is 0. The van der Waals surface area contributed by atoms with E-state index in [1.165, 1.54) is 11.1 Å². The van der Waals surface area contributed by atoms with E-state index in [0.717, 1.165) is 4.91 Å². The quantitative estimate of drug-likeness (QED) is 0.575. The first-order valence-corrected chi connectivity index (χ1v) is 10.2. The largest absolute Gasteiger partial charge is 0.140 e. The van der Waals surface area contributed by atoms with Gasteiger partial charge in [-0.3, -0.25) is 0 Å². The summed E-state index contributed by atoms with van der Waals surface area (Å²) in [5.74, 6) is 0. The molecule has 0 heterocycles. The van der Waals surface area contributed by atoms with Gasteiger partial charge in [-0.25, -0.2) is 0 Å². The molecule has 0 spiro atoms. The maximum atomic E-state index is 3.12. The van der Waals surface area contributed by atoms with Crippen LogP contribution in [0, 0.1) is 13.8 Å². The lowest BCUT2D eigenvalue weighted by atomic mass is 10.2. The van der Waals surface area contributed by atoms with Gasteiger partial charge in [-0.1, -0.05) is 70.0 Å². The molecule has 0 nitrogen and oxygen atoms in total. The van der Waals surface area contributed by atoms with Gasteiger partial charge in [0.15, 0.2) is 0 Å². The van der Waals surface area contributed by atoms with Gasteiger partial charge in [0.25, 0.3) is 0 Å². The Hall–Kier alpha value is -0.696. The van der Waals surface area contributed by atoms with Gasteiger partial charge in [-0.2, -0.15) is 0 Å². The lowest BCUT2D eigenvalue weighted by molar-refractivity contribution is 1.50. The molecule has 2 aromatic carbocycles. The minimum Gasteiger partial charge on any atom is -0.140 e.